The van der Waals surface area contributed by atoms with Crippen molar-refractivity contribution >= 4 is 5.91 Å². The fraction of sp³-hybridized carbons (Fsp3) is 0.333. The summed E-state index contributed by atoms with van der Waals surface area (Å²) in [6.45, 7) is -2.72. The zero-order chi connectivity index (χ0) is 17.0. The maximum Gasteiger partial charge on any atom is 0.387 e. The molecule has 0 aliphatic heterocycles. The number of rotatable bonds is 6. The molecule has 0 saturated carbocycles. The first-order chi connectivity index (χ1) is 10.9. The number of alkyl halides is 2. The Labute approximate surface area is 132 Å². The van der Waals surface area contributed by atoms with Crippen molar-refractivity contribution in [2.45, 2.75) is 13.2 Å². The lowest BCUT2D eigenvalue weighted by molar-refractivity contribution is -0.0512. The number of amides is 1. The molecule has 0 spiro atoms. The fourth-order valence-corrected chi connectivity index (χ4v) is 2.11. The summed E-state index contributed by atoms with van der Waals surface area (Å²) in [6.07, 6.45) is 3.08. The largest absolute Gasteiger partial charge is 0.493 e. The van der Waals surface area contributed by atoms with Crippen LogP contribution < -0.4 is 9.47 Å². The maximum absolute atomic E-state index is 12.4. The van der Waals surface area contributed by atoms with Crippen LogP contribution in [0.25, 0.3) is 0 Å². The van der Waals surface area contributed by atoms with E-state index in [0.29, 0.717) is 11.1 Å². The Bertz CT molecular complexity index is 688. The molecular weight excluding hydrogens is 308 g/mol. The summed E-state index contributed by atoms with van der Waals surface area (Å²) in [5.41, 5.74) is 1.09. The average Bonchev–Trinajstić information content (AvgIpc) is 2.92. The molecule has 1 heterocycles. The minimum atomic E-state index is -2.95. The molecule has 1 aromatic heterocycles. The molecule has 0 aliphatic carbocycles. The number of halogens is 2. The lowest BCUT2D eigenvalue weighted by Gasteiger charge is -2.18. The van der Waals surface area contributed by atoms with E-state index in [-0.39, 0.29) is 24.0 Å². The van der Waals surface area contributed by atoms with E-state index < -0.39 is 6.61 Å². The fourth-order valence-electron chi connectivity index (χ4n) is 2.11. The Morgan fingerprint density at radius 2 is 2.13 bits per heavy atom. The number of benzene rings is 1. The molecule has 1 aromatic carbocycles. The van der Waals surface area contributed by atoms with Crippen LogP contribution in [0.5, 0.6) is 11.5 Å². The maximum atomic E-state index is 12.4. The topological polar surface area (TPSA) is 56.6 Å². The van der Waals surface area contributed by atoms with Crippen molar-refractivity contribution in [2.75, 3.05) is 14.2 Å². The van der Waals surface area contributed by atoms with Crippen LogP contribution in [0.3, 0.4) is 0 Å². The smallest absolute Gasteiger partial charge is 0.387 e. The minimum absolute atomic E-state index is 0.0674. The summed E-state index contributed by atoms with van der Waals surface area (Å²) < 4.78 is 35.8. The third-order valence-corrected chi connectivity index (χ3v) is 3.16. The molecule has 2 rings (SSSR count). The second-order valence-electron chi connectivity index (χ2n) is 4.93. The zero-order valence-electron chi connectivity index (χ0n) is 13.0. The van der Waals surface area contributed by atoms with Gasteiger partial charge in [-0.3, -0.25) is 9.48 Å². The Morgan fingerprint density at radius 3 is 2.70 bits per heavy atom. The van der Waals surface area contributed by atoms with Gasteiger partial charge in [-0.2, -0.15) is 13.9 Å². The SMILES string of the molecule is COc1ccc(CN(C)C(=O)c2cnn(C)c2)cc1OC(F)F. The normalized spacial score (nSPS) is 10.7. The first kappa shape index (κ1) is 16.7. The van der Waals surface area contributed by atoms with Crippen LogP contribution in [0.4, 0.5) is 8.78 Å². The van der Waals surface area contributed by atoms with E-state index in [4.69, 9.17) is 4.74 Å². The highest BCUT2D eigenvalue weighted by molar-refractivity contribution is 5.93. The predicted octanol–water partition coefficient (Wildman–Crippen LogP) is 2.30. The molecule has 0 atom stereocenters. The van der Waals surface area contributed by atoms with Gasteiger partial charge in [-0.25, -0.2) is 0 Å². The highest BCUT2D eigenvalue weighted by Crippen LogP contribution is 2.29. The Kier molecular flexibility index (Phi) is 5.15. The third kappa shape index (κ3) is 4.18. The number of nitrogens with zero attached hydrogens (tertiary/aromatic N) is 3. The molecule has 0 radical (unpaired) electrons. The molecule has 0 aliphatic rings. The van der Waals surface area contributed by atoms with Crippen molar-refractivity contribution in [3.05, 3.63) is 41.7 Å². The summed E-state index contributed by atoms with van der Waals surface area (Å²) in [5.74, 6) is -0.0808. The van der Waals surface area contributed by atoms with Crippen molar-refractivity contribution in [3.63, 3.8) is 0 Å². The molecule has 0 saturated heterocycles. The highest BCUT2D eigenvalue weighted by Gasteiger charge is 2.16. The highest BCUT2D eigenvalue weighted by atomic mass is 19.3. The van der Waals surface area contributed by atoms with Gasteiger partial charge in [0.2, 0.25) is 0 Å². The van der Waals surface area contributed by atoms with Crippen LogP contribution >= 0.6 is 0 Å². The molecule has 0 unspecified atom stereocenters. The van der Waals surface area contributed by atoms with Gasteiger partial charge in [0.15, 0.2) is 11.5 Å². The number of hydrogen-bond acceptors (Lipinski definition) is 4. The molecule has 0 N–H and O–H groups in total. The van der Waals surface area contributed by atoms with E-state index in [2.05, 4.69) is 9.84 Å². The van der Waals surface area contributed by atoms with Crippen molar-refractivity contribution < 1.29 is 23.0 Å². The molecule has 6 nitrogen and oxygen atoms in total. The van der Waals surface area contributed by atoms with E-state index in [1.807, 2.05) is 0 Å². The number of methoxy groups -OCH3 is 1. The van der Waals surface area contributed by atoms with Crippen molar-refractivity contribution in [2.24, 2.45) is 7.05 Å². The second kappa shape index (κ2) is 7.08. The van der Waals surface area contributed by atoms with Gasteiger partial charge in [-0.1, -0.05) is 6.07 Å². The van der Waals surface area contributed by atoms with Gasteiger partial charge < -0.3 is 14.4 Å². The molecule has 124 valence electrons. The minimum Gasteiger partial charge on any atom is -0.493 e. The first-order valence-electron chi connectivity index (χ1n) is 6.76. The van der Waals surface area contributed by atoms with Crippen molar-refractivity contribution in [1.29, 1.82) is 0 Å². The van der Waals surface area contributed by atoms with E-state index in [0.717, 1.165) is 0 Å². The molecular formula is C15H17F2N3O3. The second-order valence-corrected chi connectivity index (χ2v) is 4.93. The number of hydrogen-bond donors (Lipinski definition) is 0. The first-order valence-corrected chi connectivity index (χ1v) is 6.76. The van der Waals surface area contributed by atoms with E-state index in [9.17, 15) is 13.6 Å². The number of carbonyl (C=O) groups excluding carboxylic acids is 1. The summed E-state index contributed by atoms with van der Waals surface area (Å²) >= 11 is 0. The van der Waals surface area contributed by atoms with Gasteiger partial charge in [0, 0.05) is 26.8 Å². The third-order valence-electron chi connectivity index (χ3n) is 3.16. The Morgan fingerprint density at radius 1 is 1.39 bits per heavy atom. The van der Waals surface area contributed by atoms with Gasteiger partial charge in [0.1, 0.15) is 0 Å². The van der Waals surface area contributed by atoms with Crippen LogP contribution in [0.2, 0.25) is 0 Å². The number of carbonyl (C=O) groups is 1. The summed E-state index contributed by atoms with van der Waals surface area (Å²) in [5, 5.41) is 3.95. The quantitative estimate of drug-likeness (QED) is 0.818. The average molecular weight is 325 g/mol. The molecule has 0 bridgehead atoms. The molecule has 23 heavy (non-hydrogen) atoms. The van der Waals surface area contributed by atoms with Crippen LogP contribution in [0, 0.1) is 0 Å². The van der Waals surface area contributed by atoms with Gasteiger partial charge in [0.25, 0.3) is 5.91 Å². The number of aryl methyl sites for hydroxylation is 1. The lowest BCUT2D eigenvalue weighted by Crippen LogP contribution is -2.25. The summed E-state index contributed by atoms with van der Waals surface area (Å²) in [6, 6.07) is 4.64. The Balaban J connectivity index is 2.14. The zero-order valence-corrected chi connectivity index (χ0v) is 13.0. The van der Waals surface area contributed by atoms with Gasteiger partial charge in [-0.15, -0.1) is 0 Å². The van der Waals surface area contributed by atoms with E-state index >= 15 is 0 Å². The molecule has 0 fully saturated rings. The van der Waals surface area contributed by atoms with Crippen molar-refractivity contribution in [3.8, 4) is 11.5 Å². The molecule has 8 heteroatoms. The summed E-state index contributed by atoms with van der Waals surface area (Å²) in [4.78, 5) is 13.7. The van der Waals surface area contributed by atoms with Crippen LogP contribution in [0.15, 0.2) is 30.6 Å². The van der Waals surface area contributed by atoms with Crippen LogP contribution in [-0.4, -0.2) is 41.4 Å². The number of ether oxygens (including phenoxy) is 2. The van der Waals surface area contributed by atoms with Crippen LogP contribution in [0.1, 0.15) is 15.9 Å². The lowest BCUT2D eigenvalue weighted by atomic mass is 10.2. The molecule has 2 aromatic rings. The Hall–Kier alpha value is -2.64. The predicted molar refractivity (Wildman–Crippen MR) is 78.6 cm³/mol. The monoisotopic (exact) mass is 325 g/mol. The van der Waals surface area contributed by atoms with Gasteiger partial charge >= 0.3 is 6.61 Å². The standard InChI is InChI=1S/C15H17F2N3O3/c1-19(14(21)11-7-18-20(2)9-11)8-10-4-5-12(22-3)13(6-10)23-15(16)17/h4-7,9,15H,8H2,1-3H3. The van der Waals surface area contributed by atoms with E-state index in [1.54, 1.807) is 26.4 Å². The van der Waals surface area contributed by atoms with Gasteiger partial charge in [-0.05, 0) is 17.7 Å². The number of aromatic nitrogens is 2. The van der Waals surface area contributed by atoms with E-state index in [1.165, 1.54) is 35.0 Å². The molecule has 1 amide bonds. The van der Waals surface area contributed by atoms with Gasteiger partial charge in [0.05, 0.1) is 18.9 Å². The summed E-state index contributed by atoms with van der Waals surface area (Å²) in [7, 11) is 4.70. The van der Waals surface area contributed by atoms with Crippen molar-refractivity contribution in [1.82, 2.24) is 14.7 Å². The van der Waals surface area contributed by atoms with Crippen LogP contribution in [-0.2, 0) is 13.6 Å².